The highest BCUT2D eigenvalue weighted by Gasteiger charge is 2.16. The Balaban J connectivity index is 2.01. The molecule has 20 heavy (non-hydrogen) atoms. The molecule has 0 aromatic carbocycles. The number of hydrogen-bond donors (Lipinski definition) is 2. The Morgan fingerprint density at radius 2 is 2.35 bits per heavy atom. The number of anilines is 1. The van der Waals surface area contributed by atoms with E-state index in [-0.39, 0.29) is 11.2 Å². The van der Waals surface area contributed by atoms with Crippen molar-refractivity contribution < 1.29 is 4.79 Å². The summed E-state index contributed by atoms with van der Waals surface area (Å²) in [5, 5.41) is 6.04. The van der Waals surface area contributed by atoms with Crippen molar-refractivity contribution in [3.05, 3.63) is 11.4 Å². The maximum absolute atomic E-state index is 11.9. The van der Waals surface area contributed by atoms with Gasteiger partial charge in [-0.25, -0.2) is 9.97 Å². The summed E-state index contributed by atoms with van der Waals surface area (Å²) in [4.78, 5) is 21.4. The van der Waals surface area contributed by atoms with Gasteiger partial charge in [0.2, 0.25) is 5.91 Å². The van der Waals surface area contributed by atoms with Gasteiger partial charge in [0.15, 0.2) is 5.16 Å². The normalized spacial score (nSPS) is 12.5. The van der Waals surface area contributed by atoms with Gasteiger partial charge in [0.1, 0.15) is 10.6 Å². The number of carbonyl (C=O) groups excluding carboxylic acids is 1. The molecule has 0 saturated carbocycles. The van der Waals surface area contributed by atoms with Crippen molar-refractivity contribution in [3.63, 3.8) is 0 Å². The van der Waals surface area contributed by atoms with Crippen LogP contribution in [0.15, 0.2) is 16.6 Å². The van der Waals surface area contributed by atoms with Crippen molar-refractivity contribution >= 4 is 45.0 Å². The Hall–Kier alpha value is -1.34. The predicted molar refractivity (Wildman–Crippen MR) is 85.1 cm³/mol. The van der Waals surface area contributed by atoms with E-state index in [9.17, 15) is 4.79 Å². The number of nitrogens with two attached hydrogens (primary N) is 1. The summed E-state index contributed by atoms with van der Waals surface area (Å²) in [6, 6.07) is 1.91. The Kier molecular flexibility index (Phi) is 5.19. The molecular formula is C13H18N4OS2. The minimum atomic E-state index is -0.233. The van der Waals surface area contributed by atoms with Crippen LogP contribution in [0.1, 0.15) is 26.7 Å². The van der Waals surface area contributed by atoms with Crippen LogP contribution in [0.2, 0.25) is 0 Å². The van der Waals surface area contributed by atoms with Gasteiger partial charge in [-0.3, -0.25) is 4.79 Å². The summed E-state index contributed by atoms with van der Waals surface area (Å²) in [6.07, 6.45) is 2.06. The van der Waals surface area contributed by atoms with Gasteiger partial charge in [0.05, 0.1) is 10.6 Å². The molecule has 1 atom stereocenters. The highest BCUT2D eigenvalue weighted by Crippen LogP contribution is 2.28. The Labute approximate surface area is 126 Å². The highest BCUT2D eigenvalue weighted by atomic mass is 32.2. The number of thioether (sulfide) groups is 1. The van der Waals surface area contributed by atoms with Gasteiger partial charge in [-0.05, 0) is 24.8 Å². The summed E-state index contributed by atoms with van der Waals surface area (Å²) >= 11 is 2.86. The minimum Gasteiger partial charge on any atom is -0.383 e. The van der Waals surface area contributed by atoms with E-state index in [2.05, 4.69) is 22.2 Å². The number of thiophene rings is 1. The second kappa shape index (κ2) is 6.90. The lowest BCUT2D eigenvalue weighted by Gasteiger charge is -2.11. The van der Waals surface area contributed by atoms with Gasteiger partial charge in [-0.1, -0.05) is 25.1 Å². The van der Waals surface area contributed by atoms with Gasteiger partial charge in [-0.2, -0.15) is 0 Å². The van der Waals surface area contributed by atoms with Gasteiger partial charge < -0.3 is 11.1 Å². The van der Waals surface area contributed by atoms with Crippen LogP contribution in [-0.4, -0.2) is 27.7 Å². The zero-order valence-electron chi connectivity index (χ0n) is 11.5. The number of fused-ring (bicyclic) bond motifs is 1. The zero-order chi connectivity index (χ0) is 14.5. The number of carbonyl (C=O) groups is 1. The average Bonchev–Trinajstić information content (AvgIpc) is 2.87. The molecule has 0 aliphatic heterocycles. The molecule has 0 saturated heterocycles. The van der Waals surface area contributed by atoms with E-state index in [1.165, 1.54) is 23.1 Å². The fraction of sp³-hybridized carbons (Fsp3) is 0.462. The molecule has 1 unspecified atom stereocenters. The molecule has 7 heteroatoms. The van der Waals surface area contributed by atoms with Gasteiger partial charge >= 0.3 is 0 Å². The van der Waals surface area contributed by atoms with Crippen LogP contribution in [0.5, 0.6) is 0 Å². The van der Waals surface area contributed by atoms with Crippen LogP contribution in [0.25, 0.3) is 10.2 Å². The van der Waals surface area contributed by atoms with Crippen LogP contribution in [0, 0.1) is 0 Å². The summed E-state index contributed by atoms with van der Waals surface area (Å²) < 4.78 is 0. The second-order valence-corrected chi connectivity index (χ2v) is 6.64. The van der Waals surface area contributed by atoms with Crippen molar-refractivity contribution in [1.29, 1.82) is 0 Å². The van der Waals surface area contributed by atoms with Crippen LogP contribution >= 0.6 is 23.1 Å². The van der Waals surface area contributed by atoms with E-state index in [1.807, 2.05) is 18.4 Å². The molecule has 0 aliphatic rings. The molecule has 0 fully saturated rings. The third-order valence-corrected chi connectivity index (χ3v) is 4.58. The maximum atomic E-state index is 11.9. The van der Waals surface area contributed by atoms with Crippen molar-refractivity contribution in [3.8, 4) is 0 Å². The third-order valence-electron chi connectivity index (χ3n) is 2.81. The largest absolute Gasteiger partial charge is 0.383 e. The Morgan fingerprint density at radius 3 is 3.10 bits per heavy atom. The first-order valence-electron chi connectivity index (χ1n) is 6.57. The predicted octanol–water partition coefficient (Wildman–Crippen LogP) is 2.67. The molecule has 2 rings (SSSR count). The molecular weight excluding hydrogens is 292 g/mol. The lowest BCUT2D eigenvalue weighted by molar-refractivity contribution is -0.120. The van der Waals surface area contributed by atoms with E-state index >= 15 is 0 Å². The lowest BCUT2D eigenvalue weighted by atomic mass is 10.3. The standard InChI is InChI=1S/C13H18N4OS2/c1-3-4-6-15-11(18)8(2)20-13-16-10(14)9-5-7-19-12(9)17-13/h5,7-8H,3-4,6H2,1-2H3,(H,15,18)(H2,14,16,17). The molecule has 1 amide bonds. The smallest absolute Gasteiger partial charge is 0.233 e. The fourth-order valence-electron chi connectivity index (χ4n) is 1.65. The summed E-state index contributed by atoms with van der Waals surface area (Å²) in [5.41, 5.74) is 5.89. The topological polar surface area (TPSA) is 80.9 Å². The molecule has 0 spiro atoms. The molecule has 2 aromatic heterocycles. The first kappa shape index (κ1) is 15.1. The van der Waals surface area contributed by atoms with Gasteiger partial charge in [-0.15, -0.1) is 11.3 Å². The molecule has 0 bridgehead atoms. The summed E-state index contributed by atoms with van der Waals surface area (Å²) in [7, 11) is 0. The SMILES string of the molecule is CCCCNC(=O)C(C)Sc1nc(N)c2ccsc2n1. The number of hydrogen-bond acceptors (Lipinski definition) is 6. The van der Waals surface area contributed by atoms with Crippen molar-refractivity contribution in [2.75, 3.05) is 12.3 Å². The van der Waals surface area contributed by atoms with Gasteiger partial charge in [0, 0.05) is 6.54 Å². The minimum absolute atomic E-state index is 0.0110. The van der Waals surface area contributed by atoms with E-state index in [4.69, 9.17) is 5.73 Å². The average molecular weight is 310 g/mol. The first-order chi connectivity index (χ1) is 9.61. The van der Waals surface area contributed by atoms with E-state index < -0.39 is 0 Å². The van der Waals surface area contributed by atoms with Crippen LogP contribution in [0.4, 0.5) is 5.82 Å². The Bertz CT molecular complexity index is 599. The Morgan fingerprint density at radius 1 is 1.55 bits per heavy atom. The third kappa shape index (κ3) is 3.61. The first-order valence-corrected chi connectivity index (χ1v) is 8.32. The van der Waals surface area contributed by atoms with Crippen molar-refractivity contribution in [2.24, 2.45) is 0 Å². The monoisotopic (exact) mass is 310 g/mol. The van der Waals surface area contributed by atoms with Gasteiger partial charge in [0.25, 0.3) is 0 Å². The van der Waals surface area contributed by atoms with Crippen LogP contribution < -0.4 is 11.1 Å². The molecule has 2 aromatic rings. The number of unbranched alkanes of at least 4 members (excludes halogenated alkanes) is 1. The van der Waals surface area contributed by atoms with Crippen molar-refractivity contribution in [2.45, 2.75) is 37.1 Å². The number of nitrogen functional groups attached to an aromatic ring is 1. The molecule has 5 nitrogen and oxygen atoms in total. The molecule has 3 N–H and O–H groups in total. The fourth-order valence-corrected chi connectivity index (χ4v) is 3.29. The number of rotatable bonds is 6. The molecule has 108 valence electrons. The van der Waals surface area contributed by atoms with Crippen molar-refractivity contribution in [1.82, 2.24) is 15.3 Å². The summed E-state index contributed by atoms with van der Waals surface area (Å²) in [6.45, 7) is 4.66. The quantitative estimate of drug-likeness (QED) is 0.487. The molecule has 2 heterocycles. The van der Waals surface area contributed by atoms with E-state index in [0.29, 0.717) is 17.5 Å². The zero-order valence-corrected chi connectivity index (χ0v) is 13.2. The van der Waals surface area contributed by atoms with E-state index in [0.717, 1.165) is 23.1 Å². The highest BCUT2D eigenvalue weighted by molar-refractivity contribution is 8.00. The number of nitrogens with zero attached hydrogens (tertiary/aromatic N) is 2. The second-order valence-electron chi connectivity index (χ2n) is 4.44. The number of aromatic nitrogens is 2. The molecule has 0 aliphatic carbocycles. The van der Waals surface area contributed by atoms with E-state index in [1.54, 1.807) is 0 Å². The lowest BCUT2D eigenvalue weighted by Crippen LogP contribution is -2.31. The van der Waals surface area contributed by atoms with Crippen LogP contribution in [-0.2, 0) is 4.79 Å². The maximum Gasteiger partial charge on any atom is 0.233 e. The number of nitrogens with one attached hydrogen (secondary N) is 1. The summed E-state index contributed by atoms with van der Waals surface area (Å²) in [5.74, 6) is 0.481. The number of amides is 1. The molecule has 0 radical (unpaired) electrons. The van der Waals surface area contributed by atoms with Crippen LogP contribution in [0.3, 0.4) is 0 Å².